The van der Waals surface area contributed by atoms with Gasteiger partial charge < -0.3 is 9.67 Å². The molecule has 1 fully saturated rings. The van der Waals surface area contributed by atoms with Crippen molar-refractivity contribution < 1.29 is 9.90 Å². The van der Waals surface area contributed by atoms with E-state index in [2.05, 4.69) is 9.55 Å². The molecular weight excluding hydrogens is 314 g/mol. The molecule has 1 N–H and O–H groups in total. The molecule has 128 valence electrons. The maximum absolute atomic E-state index is 11.7. The number of hydrogen-bond acceptors (Lipinski definition) is 4. The van der Waals surface area contributed by atoms with Gasteiger partial charge in [-0.3, -0.25) is 4.79 Å². The molecule has 0 aliphatic heterocycles. The molecular formula is C20H21N3O2. The van der Waals surface area contributed by atoms with Gasteiger partial charge in [-0.1, -0.05) is 19.3 Å². The fourth-order valence-corrected chi connectivity index (χ4v) is 3.67. The van der Waals surface area contributed by atoms with Crippen LogP contribution in [0.5, 0.6) is 5.75 Å². The number of imidazole rings is 1. The minimum atomic E-state index is -0.00667. The van der Waals surface area contributed by atoms with Crippen LogP contribution < -0.4 is 0 Å². The van der Waals surface area contributed by atoms with Gasteiger partial charge in [-0.25, -0.2) is 9.97 Å². The zero-order chi connectivity index (χ0) is 17.4. The number of Topliss-reactive ketones (excluding diaryl/α,β-unsaturated/α-hetero) is 1. The van der Waals surface area contributed by atoms with E-state index in [-0.39, 0.29) is 11.5 Å². The van der Waals surface area contributed by atoms with Crippen molar-refractivity contribution in [2.75, 3.05) is 0 Å². The van der Waals surface area contributed by atoms with Crippen molar-refractivity contribution in [1.82, 2.24) is 14.5 Å². The highest BCUT2D eigenvalue weighted by molar-refractivity contribution is 5.96. The Hall–Kier alpha value is -2.69. The average molecular weight is 335 g/mol. The molecule has 0 spiro atoms. The third kappa shape index (κ3) is 2.90. The van der Waals surface area contributed by atoms with Gasteiger partial charge in [0.15, 0.2) is 11.4 Å². The Morgan fingerprint density at radius 3 is 2.56 bits per heavy atom. The zero-order valence-corrected chi connectivity index (χ0v) is 14.3. The quantitative estimate of drug-likeness (QED) is 0.715. The normalized spacial score (nSPS) is 15.6. The number of benzene rings is 1. The van der Waals surface area contributed by atoms with E-state index in [0.717, 1.165) is 35.4 Å². The van der Waals surface area contributed by atoms with Crippen molar-refractivity contribution in [3.05, 3.63) is 42.1 Å². The summed E-state index contributed by atoms with van der Waals surface area (Å²) in [6.07, 6.45) is 7.58. The lowest BCUT2D eigenvalue weighted by Gasteiger charge is -2.25. The Labute approximate surface area is 146 Å². The summed E-state index contributed by atoms with van der Waals surface area (Å²) in [6, 6.07) is 9.30. The van der Waals surface area contributed by atoms with Crippen LogP contribution in [0, 0.1) is 0 Å². The molecule has 1 saturated carbocycles. The van der Waals surface area contributed by atoms with Gasteiger partial charge in [0, 0.05) is 23.4 Å². The molecule has 2 aromatic heterocycles. The number of hydrogen-bond donors (Lipinski definition) is 1. The Balaban J connectivity index is 1.92. The fraction of sp³-hybridized carbons (Fsp3) is 0.350. The summed E-state index contributed by atoms with van der Waals surface area (Å²) in [5.41, 5.74) is 3.12. The predicted molar refractivity (Wildman–Crippen MR) is 96.8 cm³/mol. The van der Waals surface area contributed by atoms with Crippen molar-refractivity contribution in [2.45, 2.75) is 45.1 Å². The van der Waals surface area contributed by atoms with E-state index in [1.54, 1.807) is 25.3 Å². The van der Waals surface area contributed by atoms with Crippen molar-refractivity contribution >= 4 is 16.9 Å². The van der Waals surface area contributed by atoms with Crippen LogP contribution >= 0.6 is 0 Å². The lowest BCUT2D eigenvalue weighted by Crippen LogP contribution is -2.14. The number of aromatic nitrogens is 3. The summed E-state index contributed by atoms with van der Waals surface area (Å²) in [5, 5.41) is 9.58. The number of carbonyl (C=O) groups excluding carboxylic acids is 1. The predicted octanol–water partition coefficient (Wildman–Crippen LogP) is 4.51. The molecule has 25 heavy (non-hydrogen) atoms. The largest absolute Gasteiger partial charge is 0.508 e. The second-order valence-corrected chi connectivity index (χ2v) is 6.77. The van der Waals surface area contributed by atoms with Crippen LogP contribution in [0.2, 0.25) is 0 Å². The summed E-state index contributed by atoms with van der Waals surface area (Å²) >= 11 is 0. The molecule has 1 aliphatic rings. The van der Waals surface area contributed by atoms with Gasteiger partial charge >= 0.3 is 0 Å². The number of phenolic OH excluding ortho intramolecular Hbond substituents is 1. The standard InChI is InChI=1S/C20H21N3O2/c1-13(24)15-11-18-20(21-12-15)23(16-5-3-2-4-6-16)19(22-18)14-7-9-17(25)10-8-14/h7-12,16,25H,2-6H2,1H3. The van der Waals surface area contributed by atoms with Crippen LogP contribution in [-0.2, 0) is 0 Å². The molecule has 0 radical (unpaired) electrons. The van der Waals surface area contributed by atoms with Gasteiger partial charge in [-0.2, -0.15) is 0 Å². The number of pyridine rings is 1. The maximum atomic E-state index is 11.7. The highest BCUT2D eigenvalue weighted by Gasteiger charge is 2.23. The van der Waals surface area contributed by atoms with Crippen LogP contribution in [0.25, 0.3) is 22.6 Å². The molecule has 5 nitrogen and oxygen atoms in total. The van der Waals surface area contributed by atoms with E-state index in [1.807, 2.05) is 18.2 Å². The number of fused-ring (bicyclic) bond motifs is 1. The molecule has 0 amide bonds. The molecule has 2 heterocycles. The third-order valence-electron chi connectivity index (χ3n) is 5.00. The zero-order valence-electron chi connectivity index (χ0n) is 14.3. The van der Waals surface area contributed by atoms with Gasteiger partial charge in [0.2, 0.25) is 0 Å². The molecule has 1 aliphatic carbocycles. The summed E-state index contributed by atoms with van der Waals surface area (Å²) in [7, 11) is 0. The Morgan fingerprint density at radius 1 is 1.16 bits per heavy atom. The summed E-state index contributed by atoms with van der Waals surface area (Å²) < 4.78 is 2.23. The molecule has 0 unspecified atom stereocenters. The highest BCUT2D eigenvalue weighted by atomic mass is 16.3. The topological polar surface area (TPSA) is 68.0 Å². The van der Waals surface area contributed by atoms with Crippen molar-refractivity contribution in [2.24, 2.45) is 0 Å². The van der Waals surface area contributed by atoms with Crippen LogP contribution in [0.15, 0.2) is 36.5 Å². The van der Waals surface area contributed by atoms with E-state index in [4.69, 9.17) is 4.98 Å². The first-order chi connectivity index (χ1) is 12.1. The van der Waals surface area contributed by atoms with Gasteiger partial charge in [-0.05, 0) is 50.1 Å². The van der Waals surface area contributed by atoms with Crippen LogP contribution in [-0.4, -0.2) is 25.4 Å². The number of phenols is 1. The molecule has 3 aromatic rings. The monoisotopic (exact) mass is 335 g/mol. The molecule has 0 atom stereocenters. The number of carbonyl (C=O) groups is 1. The SMILES string of the molecule is CC(=O)c1cnc2c(c1)nc(-c1ccc(O)cc1)n2C1CCCCC1. The summed E-state index contributed by atoms with van der Waals surface area (Å²) in [5.74, 6) is 1.09. The second kappa shape index (κ2) is 6.31. The lowest BCUT2D eigenvalue weighted by molar-refractivity contribution is 0.101. The van der Waals surface area contributed by atoms with Gasteiger partial charge in [0.25, 0.3) is 0 Å². The van der Waals surface area contributed by atoms with E-state index >= 15 is 0 Å². The maximum Gasteiger partial charge on any atom is 0.161 e. The third-order valence-corrected chi connectivity index (χ3v) is 5.00. The van der Waals surface area contributed by atoms with Gasteiger partial charge in [0.05, 0.1) is 0 Å². The van der Waals surface area contributed by atoms with Crippen LogP contribution in [0.1, 0.15) is 55.4 Å². The fourth-order valence-electron chi connectivity index (χ4n) is 3.67. The number of ketones is 1. The molecule has 5 heteroatoms. The number of nitrogens with zero attached hydrogens (tertiary/aromatic N) is 3. The highest BCUT2D eigenvalue weighted by Crippen LogP contribution is 2.35. The molecule has 4 rings (SSSR count). The Kier molecular flexibility index (Phi) is 3.99. The number of rotatable bonds is 3. The van der Waals surface area contributed by atoms with E-state index in [9.17, 15) is 9.90 Å². The first-order valence-corrected chi connectivity index (χ1v) is 8.82. The van der Waals surface area contributed by atoms with Crippen molar-refractivity contribution in [3.8, 4) is 17.1 Å². The molecule has 1 aromatic carbocycles. The Morgan fingerprint density at radius 2 is 1.88 bits per heavy atom. The first-order valence-electron chi connectivity index (χ1n) is 8.82. The molecule has 0 saturated heterocycles. The summed E-state index contributed by atoms with van der Waals surface area (Å²) in [6.45, 7) is 1.54. The van der Waals surface area contributed by atoms with Gasteiger partial charge in [0.1, 0.15) is 17.1 Å². The lowest BCUT2D eigenvalue weighted by atomic mass is 9.95. The van der Waals surface area contributed by atoms with Crippen LogP contribution in [0.4, 0.5) is 0 Å². The van der Waals surface area contributed by atoms with Gasteiger partial charge in [-0.15, -0.1) is 0 Å². The first kappa shape index (κ1) is 15.8. The average Bonchev–Trinajstić information content (AvgIpc) is 3.01. The van der Waals surface area contributed by atoms with E-state index in [1.165, 1.54) is 19.3 Å². The number of aromatic hydroxyl groups is 1. The van der Waals surface area contributed by atoms with E-state index < -0.39 is 0 Å². The minimum Gasteiger partial charge on any atom is -0.508 e. The van der Waals surface area contributed by atoms with Crippen molar-refractivity contribution in [3.63, 3.8) is 0 Å². The second-order valence-electron chi connectivity index (χ2n) is 6.77. The Bertz CT molecular complexity index is 922. The molecule has 0 bridgehead atoms. The smallest absolute Gasteiger partial charge is 0.161 e. The van der Waals surface area contributed by atoms with Crippen LogP contribution in [0.3, 0.4) is 0 Å². The van der Waals surface area contributed by atoms with Crippen molar-refractivity contribution in [1.29, 1.82) is 0 Å². The summed E-state index contributed by atoms with van der Waals surface area (Å²) in [4.78, 5) is 21.1. The van der Waals surface area contributed by atoms with E-state index in [0.29, 0.717) is 11.6 Å². The minimum absolute atomic E-state index is 0.00667.